The number of furan rings is 2. The Morgan fingerprint density at radius 1 is 0.889 bits per heavy atom. The molecular formula is C20H19N3O4. The number of methoxy groups -OCH3 is 1. The fraction of sp³-hybridized carbons (Fsp3) is 0.200. The van der Waals surface area contributed by atoms with Gasteiger partial charge in [0, 0.05) is 5.56 Å². The summed E-state index contributed by atoms with van der Waals surface area (Å²) in [5.74, 6) is 3.57. The second-order valence-corrected chi connectivity index (χ2v) is 6.05. The average Bonchev–Trinajstić information content (AvgIpc) is 3.45. The van der Waals surface area contributed by atoms with Crippen molar-refractivity contribution in [3.63, 3.8) is 0 Å². The van der Waals surface area contributed by atoms with Crippen molar-refractivity contribution < 1.29 is 18.1 Å². The molecule has 0 saturated carbocycles. The van der Waals surface area contributed by atoms with Crippen LogP contribution in [0, 0.1) is 0 Å². The van der Waals surface area contributed by atoms with Crippen LogP contribution in [0.1, 0.15) is 17.3 Å². The van der Waals surface area contributed by atoms with Crippen molar-refractivity contribution in [2.24, 2.45) is 0 Å². The van der Waals surface area contributed by atoms with Crippen LogP contribution in [-0.4, -0.2) is 22.2 Å². The Morgan fingerprint density at radius 3 is 2.11 bits per heavy atom. The van der Waals surface area contributed by atoms with E-state index < -0.39 is 0 Å². The van der Waals surface area contributed by atoms with Crippen LogP contribution in [0.15, 0.2) is 74.4 Å². The molecule has 0 unspecified atom stereocenters. The van der Waals surface area contributed by atoms with Gasteiger partial charge < -0.3 is 18.1 Å². The van der Waals surface area contributed by atoms with Crippen LogP contribution in [-0.2, 0) is 19.6 Å². The fourth-order valence-corrected chi connectivity index (χ4v) is 2.78. The van der Waals surface area contributed by atoms with Gasteiger partial charge in [0.15, 0.2) is 5.82 Å². The Hall–Kier alpha value is -3.32. The maximum Gasteiger partial charge on any atom is 0.257 e. The number of rotatable bonds is 8. The molecule has 0 N–H and O–H groups in total. The monoisotopic (exact) mass is 365 g/mol. The van der Waals surface area contributed by atoms with E-state index in [1.54, 1.807) is 19.6 Å². The topological polar surface area (TPSA) is 77.7 Å². The van der Waals surface area contributed by atoms with Crippen LogP contribution < -0.4 is 4.74 Å². The zero-order valence-electron chi connectivity index (χ0n) is 14.9. The van der Waals surface area contributed by atoms with Gasteiger partial charge in [-0.1, -0.05) is 5.16 Å². The molecule has 0 aliphatic heterocycles. The molecule has 1 aromatic carbocycles. The number of aromatic nitrogens is 2. The minimum Gasteiger partial charge on any atom is -0.497 e. The third-order valence-corrected chi connectivity index (χ3v) is 4.09. The largest absolute Gasteiger partial charge is 0.497 e. The highest BCUT2D eigenvalue weighted by Crippen LogP contribution is 2.21. The molecule has 138 valence electrons. The third kappa shape index (κ3) is 4.27. The van der Waals surface area contributed by atoms with Crippen molar-refractivity contribution in [1.29, 1.82) is 0 Å². The number of benzene rings is 1. The highest BCUT2D eigenvalue weighted by atomic mass is 16.5. The summed E-state index contributed by atoms with van der Waals surface area (Å²) in [6.07, 6.45) is 3.33. The summed E-state index contributed by atoms with van der Waals surface area (Å²) < 4.78 is 21.5. The second kappa shape index (κ2) is 7.92. The maximum absolute atomic E-state index is 5.47. The number of hydrogen-bond donors (Lipinski definition) is 0. The first-order chi connectivity index (χ1) is 13.3. The first-order valence-electron chi connectivity index (χ1n) is 8.54. The van der Waals surface area contributed by atoms with Gasteiger partial charge in [-0.25, -0.2) is 0 Å². The van der Waals surface area contributed by atoms with Crippen molar-refractivity contribution in [3.05, 3.63) is 78.4 Å². The molecule has 3 heterocycles. The number of nitrogens with zero attached hydrogens (tertiary/aromatic N) is 3. The summed E-state index contributed by atoms with van der Waals surface area (Å²) in [6.45, 7) is 1.72. The highest BCUT2D eigenvalue weighted by Gasteiger charge is 2.16. The lowest BCUT2D eigenvalue weighted by Crippen LogP contribution is -2.22. The van der Waals surface area contributed by atoms with Crippen LogP contribution in [0.3, 0.4) is 0 Å². The van der Waals surface area contributed by atoms with Gasteiger partial charge >= 0.3 is 0 Å². The molecule has 3 aromatic heterocycles. The van der Waals surface area contributed by atoms with Crippen molar-refractivity contribution in [2.75, 3.05) is 7.11 Å². The Labute approximate surface area is 156 Å². The molecule has 0 bridgehead atoms. The lowest BCUT2D eigenvalue weighted by Gasteiger charge is -2.17. The van der Waals surface area contributed by atoms with E-state index in [2.05, 4.69) is 15.0 Å². The Balaban J connectivity index is 1.49. The highest BCUT2D eigenvalue weighted by molar-refractivity contribution is 5.54. The quantitative estimate of drug-likeness (QED) is 0.464. The maximum atomic E-state index is 5.47. The SMILES string of the molecule is COc1ccc(-c2nc(CN(Cc3ccco3)Cc3ccco3)no2)cc1. The molecule has 7 heteroatoms. The van der Waals surface area contributed by atoms with Gasteiger partial charge in [0.2, 0.25) is 0 Å². The molecule has 0 fully saturated rings. The van der Waals surface area contributed by atoms with E-state index in [0.29, 0.717) is 31.3 Å². The minimum absolute atomic E-state index is 0.476. The first kappa shape index (κ1) is 17.1. The van der Waals surface area contributed by atoms with E-state index in [1.807, 2.05) is 48.5 Å². The van der Waals surface area contributed by atoms with Gasteiger partial charge in [0.25, 0.3) is 5.89 Å². The summed E-state index contributed by atoms with van der Waals surface area (Å²) in [5, 5.41) is 4.11. The lowest BCUT2D eigenvalue weighted by molar-refractivity contribution is 0.202. The predicted molar refractivity (Wildman–Crippen MR) is 96.7 cm³/mol. The van der Waals surface area contributed by atoms with Gasteiger partial charge in [-0.2, -0.15) is 4.98 Å². The molecule has 0 spiro atoms. The normalized spacial score (nSPS) is 11.2. The first-order valence-corrected chi connectivity index (χ1v) is 8.54. The van der Waals surface area contributed by atoms with E-state index in [4.69, 9.17) is 18.1 Å². The zero-order valence-corrected chi connectivity index (χ0v) is 14.9. The molecule has 27 heavy (non-hydrogen) atoms. The minimum atomic E-state index is 0.476. The summed E-state index contributed by atoms with van der Waals surface area (Å²) in [7, 11) is 1.63. The smallest absolute Gasteiger partial charge is 0.257 e. The summed E-state index contributed by atoms with van der Waals surface area (Å²) >= 11 is 0. The zero-order chi connectivity index (χ0) is 18.5. The van der Waals surface area contributed by atoms with E-state index in [9.17, 15) is 0 Å². The molecule has 0 saturated heterocycles. The number of ether oxygens (including phenoxy) is 1. The summed E-state index contributed by atoms with van der Waals surface area (Å²) in [4.78, 5) is 6.64. The van der Waals surface area contributed by atoms with Crippen LogP contribution in [0.2, 0.25) is 0 Å². The molecule has 0 aliphatic rings. The van der Waals surface area contributed by atoms with Crippen molar-refractivity contribution in [3.8, 4) is 17.2 Å². The van der Waals surface area contributed by atoms with Crippen molar-refractivity contribution in [2.45, 2.75) is 19.6 Å². The molecule has 7 nitrogen and oxygen atoms in total. The molecule has 4 rings (SSSR count). The molecule has 4 aromatic rings. The summed E-state index contributed by atoms with van der Waals surface area (Å²) in [5.41, 5.74) is 0.846. The molecule has 0 aliphatic carbocycles. The molecule has 0 radical (unpaired) electrons. The van der Waals surface area contributed by atoms with E-state index in [0.717, 1.165) is 22.8 Å². The van der Waals surface area contributed by atoms with Gasteiger partial charge in [0.1, 0.15) is 17.3 Å². The second-order valence-electron chi connectivity index (χ2n) is 6.05. The Bertz CT molecular complexity index is 907. The summed E-state index contributed by atoms with van der Waals surface area (Å²) in [6, 6.07) is 15.1. The van der Waals surface area contributed by atoms with E-state index in [1.165, 1.54) is 0 Å². The van der Waals surface area contributed by atoms with E-state index >= 15 is 0 Å². The van der Waals surface area contributed by atoms with Gasteiger partial charge in [-0.15, -0.1) is 0 Å². The van der Waals surface area contributed by atoms with Gasteiger partial charge in [-0.3, -0.25) is 4.90 Å². The van der Waals surface area contributed by atoms with Gasteiger partial charge in [0.05, 0.1) is 39.3 Å². The van der Waals surface area contributed by atoms with Crippen LogP contribution in [0.5, 0.6) is 5.75 Å². The van der Waals surface area contributed by atoms with Crippen molar-refractivity contribution >= 4 is 0 Å². The van der Waals surface area contributed by atoms with Crippen LogP contribution >= 0.6 is 0 Å². The number of hydrogen-bond acceptors (Lipinski definition) is 7. The van der Waals surface area contributed by atoms with Crippen LogP contribution in [0.4, 0.5) is 0 Å². The van der Waals surface area contributed by atoms with Crippen LogP contribution in [0.25, 0.3) is 11.5 Å². The Morgan fingerprint density at radius 2 is 1.56 bits per heavy atom. The van der Waals surface area contributed by atoms with E-state index in [-0.39, 0.29) is 0 Å². The lowest BCUT2D eigenvalue weighted by atomic mass is 10.2. The third-order valence-electron chi connectivity index (χ3n) is 4.09. The fourth-order valence-electron chi connectivity index (χ4n) is 2.78. The molecule has 0 atom stereocenters. The Kier molecular flexibility index (Phi) is 5.02. The standard InChI is InChI=1S/C20H19N3O4/c1-24-16-8-6-15(7-9-16)20-21-19(22-27-20)14-23(12-17-4-2-10-25-17)13-18-5-3-11-26-18/h2-11H,12-14H2,1H3. The molecule has 0 amide bonds. The predicted octanol–water partition coefficient (Wildman–Crippen LogP) is 4.13. The van der Waals surface area contributed by atoms with Gasteiger partial charge in [-0.05, 0) is 48.5 Å². The average molecular weight is 365 g/mol. The van der Waals surface area contributed by atoms with Crippen molar-refractivity contribution in [1.82, 2.24) is 15.0 Å². The molecular weight excluding hydrogens is 346 g/mol.